The van der Waals surface area contributed by atoms with Crippen LogP contribution in [0.15, 0.2) is 12.1 Å². The Morgan fingerprint density at radius 3 is 2.42 bits per heavy atom. The maximum atomic E-state index is 5.13. The van der Waals surface area contributed by atoms with Crippen molar-refractivity contribution >= 4 is 16.3 Å². The fourth-order valence-electron chi connectivity index (χ4n) is 1.13. The van der Waals surface area contributed by atoms with Gasteiger partial charge in [0.2, 0.25) is 0 Å². The van der Waals surface area contributed by atoms with Crippen molar-refractivity contribution in [2.45, 2.75) is 13.8 Å². The largest absolute Gasteiger partial charge is 0.487 e. The van der Waals surface area contributed by atoms with E-state index in [2.05, 4.69) is 24.8 Å². The molecule has 0 unspecified atom stereocenters. The van der Waals surface area contributed by atoms with E-state index in [0.717, 1.165) is 18.2 Å². The average Bonchev–Trinajstić information content (AvgIpc) is 2.55. The van der Waals surface area contributed by atoms with Gasteiger partial charge in [0.15, 0.2) is 5.06 Å². The number of hydrogen-bond donors (Lipinski definition) is 0. The molecule has 0 saturated heterocycles. The van der Waals surface area contributed by atoms with Gasteiger partial charge in [-0.25, -0.2) is 0 Å². The lowest BCUT2D eigenvalue weighted by molar-refractivity contribution is 0.427. The zero-order valence-corrected chi connectivity index (χ0v) is 8.65. The Balaban J connectivity index is 2.72. The monoisotopic (exact) mass is 185 g/mol. The van der Waals surface area contributed by atoms with Crippen molar-refractivity contribution in [2.24, 2.45) is 0 Å². The summed E-state index contributed by atoms with van der Waals surface area (Å²) in [4.78, 5) is 2.31. The molecule has 0 fully saturated rings. The van der Waals surface area contributed by atoms with Crippen molar-refractivity contribution < 1.29 is 4.74 Å². The highest BCUT2D eigenvalue weighted by Gasteiger charge is 2.04. The van der Waals surface area contributed by atoms with Crippen LogP contribution in [0.5, 0.6) is 5.06 Å². The highest BCUT2D eigenvalue weighted by atomic mass is 32.1. The van der Waals surface area contributed by atoms with E-state index in [-0.39, 0.29) is 0 Å². The van der Waals surface area contributed by atoms with Crippen molar-refractivity contribution in [2.75, 3.05) is 25.1 Å². The predicted octanol–water partition coefficient (Wildman–Crippen LogP) is 2.60. The standard InChI is InChI=1S/C9H15NOS/c1-4-10(5-2)8-6-7-9(11-3)12-8/h6-7H,4-5H2,1-3H3. The quantitative estimate of drug-likeness (QED) is 0.715. The third-order valence-corrected chi connectivity index (χ3v) is 2.95. The van der Waals surface area contributed by atoms with Gasteiger partial charge in [-0.3, -0.25) is 0 Å². The summed E-state index contributed by atoms with van der Waals surface area (Å²) in [7, 11) is 1.71. The van der Waals surface area contributed by atoms with E-state index in [9.17, 15) is 0 Å². The third kappa shape index (κ3) is 1.91. The molecule has 0 saturated carbocycles. The Bertz CT molecular complexity index is 230. The summed E-state index contributed by atoms with van der Waals surface area (Å²) in [5.74, 6) is 0. The minimum atomic E-state index is 0.983. The van der Waals surface area contributed by atoms with Gasteiger partial charge in [-0.05, 0) is 26.0 Å². The van der Waals surface area contributed by atoms with Gasteiger partial charge in [-0.15, -0.1) is 0 Å². The molecule has 3 heteroatoms. The smallest absolute Gasteiger partial charge is 0.175 e. The summed E-state index contributed by atoms with van der Waals surface area (Å²) < 4.78 is 5.13. The van der Waals surface area contributed by atoms with Crippen molar-refractivity contribution in [1.29, 1.82) is 0 Å². The maximum Gasteiger partial charge on any atom is 0.175 e. The van der Waals surface area contributed by atoms with Gasteiger partial charge in [0, 0.05) is 13.1 Å². The molecule has 0 atom stereocenters. The van der Waals surface area contributed by atoms with Crippen LogP contribution in [0.4, 0.5) is 5.00 Å². The lowest BCUT2D eigenvalue weighted by Gasteiger charge is -2.17. The second-order valence-electron chi connectivity index (χ2n) is 2.47. The Labute approximate surface area is 77.8 Å². The first-order valence-corrected chi connectivity index (χ1v) is 5.02. The number of nitrogens with zero attached hydrogens (tertiary/aromatic N) is 1. The van der Waals surface area contributed by atoms with E-state index >= 15 is 0 Å². The van der Waals surface area contributed by atoms with Crippen LogP contribution in [0, 0.1) is 0 Å². The lowest BCUT2D eigenvalue weighted by atomic mass is 10.5. The summed E-state index contributed by atoms with van der Waals surface area (Å²) in [5.41, 5.74) is 0. The highest BCUT2D eigenvalue weighted by molar-refractivity contribution is 7.17. The van der Waals surface area contributed by atoms with Crippen LogP contribution in [0.1, 0.15) is 13.8 Å². The van der Waals surface area contributed by atoms with Crippen molar-refractivity contribution in [3.8, 4) is 5.06 Å². The van der Waals surface area contributed by atoms with E-state index in [1.54, 1.807) is 18.4 Å². The van der Waals surface area contributed by atoms with Crippen LogP contribution in [-0.2, 0) is 0 Å². The zero-order valence-electron chi connectivity index (χ0n) is 7.83. The molecule has 1 heterocycles. The number of anilines is 1. The lowest BCUT2D eigenvalue weighted by Crippen LogP contribution is -2.20. The Kier molecular flexibility index (Phi) is 3.41. The van der Waals surface area contributed by atoms with Crippen LogP contribution < -0.4 is 9.64 Å². The SMILES string of the molecule is CCN(CC)c1ccc(OC)s1. The normalized spacial score (nSPS) is 9.92. The molecular formula is C9H15NOS. The number of ether oxygens (including phenoxy) is 1. The minimum Gasteiger partial charge on any atom is -0.487 e. The molecule has 1 rings (SSSR count). The van der Waals surface area contributed by atoms with E-state index < -0.39 is 0 Å². The van der Waals surface area contributed by atoms with Crippen molar-refractivity contribution in [3.05, 3.63) is 12.1 Å². The molecule has 0 N–H and O–H groups in total. The summed E-state index contributed by atoms with van der Waals surface area (Å²) in [6.07, 6.45) is 0. The second-order valence-corrected chi connectivity index (χ2v) is 3.49. The molecule has 68 valence electrons. The fourth-order valence-corrected chi connectivity index (χ4v) is 2.07. The van der Waals surface area contributed by atoms with Crippen LogP contribution in [0.3, 0.4) is 0 Å². The molecule has 0 radical (unpaired) electrons. The number of thiophene rings is 1. The molecule has 1 aromatic heterocycles. The Hall–Kier alpha value is -0.700. The van der Waals surface area contributed by atoms with Crippen LogP contribution in [0.25, 0.3) is 0 Å². The van der Waals surface area contributed by atoms with E-state index in [4.69, 9.17) is 4.74 Å². The van der Waals surface area contributed by atoms with Gasteiger partial charge in [-0.2, -0.15) is 0 Å². The molecule has 0 aliphatic carbocycles. The molecule has 0 amide bonds. The summed E-state index contributed by atoms with van der Waals surface area (Å²) >= 11 is 1.69. The third-order valence-electron chi connectivity index (χ3n) is 1.84. The molecule has 0 aliphatic rings. The predicted molar refractivity (Wildman–Crippen MR) is 54.4 cm³/mol. The van der Waals surface area contributed by atoms with Crippen molar-refractivity contribution in [1.82, 2.24) is 0 Å². The van der Waals surface area contributed by atoms with Gasteiger partial charge in [0.25, 0.3) is 0 Å². The number of rotatable bonds is 4. The molecule has 0 aliphatic heterocycles. The Morgan fingerprint density at radius 2 is 2.00 bits per heavy atom. The zero-order chi connectivity index (χ0) is 8.97. The summed E-state index contributed by atoms with van der Waals surface area (Å²) in [5, 5.41) is 2.27. The van der Waals surface area contributed by atoms with E-state index in [1.807, 2.05) is 6.07 Å². The van der Waals surface area contributed by atoms with Crippen LogP contribution in [-0.4, -0.2) is 20.2 Å². The number of hydrogen-bond acceptors (Lipinski definition) is 3. The van der Waals surface area contributed by atoms with Gasteiger partial charge in [0.1, 0.15) is 0 Å². The van der Waals surface area contributed by atoms with Crippen LogP contribution >= 0.6 is 11.3 Å². The molecule has 12 heavy (non-hydrogen) atoms. The molecule has 0 spiro atoms. The maximum absolute atomic E-state index is 5.13. The first-order chi connectivity index (χ1) is 5.81. The van der Waals surface area contributed by atoms with Gasteiger partial charge < -0.3 is 9.64 Å². The minimum absolute atomic E-state index is 0.983. The van der Waals surface area contributed by atoms with Gasteiger partial charge >= 0.3 is 0 Å². The molecule has 0 aromatic carbocycles. The summed E-state index contributed by atoms with van der Waals surface area (Å²) in [6, 6.07) is 4.12. The highest BCUT2D eigenvalue weighted by Crippen LogP contribution is 2.31. The second kappa shape index (κ2) is 4.36. The molecule has 1 aromatic rings. The molecule has 2 nitrogen and oxygen atoms in total. The van der Waals surface area contributed by atoms with E-state index in [1.165, 1.54) is 5.00 Å². The van der Waals surface area contributed by atoms with Gasteiger partial charge in [0.05, 0.1) is 12.1 Å². The topological polar surface area (TPSA) is 12.5 Å². The summed E-state index contributed by atoms with van der Waals surface area (Å²) in [6.45, 7) is 6.44. The number of methoxy groups -OCH3 is 1. The van der Waals surface area contributed by atoms with Crippen molar-refractivity contribution in [3.63, 3.8) is 0 Å². The average molecular weight is 185 g/mol. The molecule has 0 bridgehead atoms. The Morgan fingerprint density at radius 1 is 1.33 bits per heavy atom. The van der Waals surface area contributed by atoms with Gasteiger partial charge in [-0.1, -0.05) is 11.3 Å². The van der Waals surface area contributed by atoms with Crippen LogP contribution in [0.2, 0.25) is 0 Å². The molecular weight excluding hydrogens is 170 g/mol. The van der Waals surface area contributed by atoms with E-state index in [0.29, 0.717) is 0 Å². The first-order valence-electron chi connectivity index (χ1n) is 4.20. The fraction of sp³-hybridized carbons (Fsp3) is 0.556. The first kappa shape index (κ1) is 9.39.